The summed E-state index contributed by atoms with van der Waals surface area (Å²) < 4.78 is 0. The van der Waals surface area contributed by atoms with Gasteiger partial charge in [-0.1, -0.05) is 0 Å². The molecule has 0 bridgehead atoms. The van der Waals surface area contributed by atoms with Crippen LogP contribution >= 0.6 is 11.3 Å². The maximum Gasteiger partial charge on any atom is 0.225 e. The fourth-order valence-electron chi connectivity index (χ4n) is 2.28. The van der Waals surface area contributed by atoms with E-state index < -0.39 is 0 Å². The van der Waals surface area contributed by atoms with E-state index in [9.17, 15) is 4.79 Å². The van der Waals surface area contributed by atoms with Crippen LogP contribution in [0.15, 0.2) is 11.7 Å². The molecular formula is C10H13N3OS. The summed E-state index contributed by atoms with van der Waals surface area (Å²) in [6, 6.07) is 0.467. The normalized spacial score (nSPS) is 31.3. The molecule has 1 aliphatic carbocycles. The van der Waals surface area contributed by atoms with Crippen LogP contribution < -0.4 is 5.73 Å². The minimum Gasteiger partial charge on any atom is -0.330 e. The van der Waals surface area contributed by atoms with E-state index in [1.54, 1.807) is 16.8 Å². The number of amides is 1. The molecule has 5 heteroatoms. The number of hydrogen-bond acceptors (Lipinski definition) is 4. The number of hydrogen-bond donors (Lipinski definition) is 1. The third kappa shape index (κ3) is 1.46. The first-order valence-corrected chi connectivity index (χ1v) is 6.10. The zero-order valence-electron chi connectivity index (χ0n) is 8.30. The van der Waals surface area contributed by atoms with Crippen LogP contribution in [0, 0.1) is 0 Å². The van der Waals surface area contributed by atoms with Crippen molar-refractivity contribution in [3.8, 4) is 0 Å². The van der Waals surface area contributed by atoms with Gasteiger partial charge in [-0.2, -0.15) is 0 Å². The van der Waals surface area contributed by atoms with Gasteiger partial charge in [0.2, 0.25) is 5.91 Å². The summed E-state index contributed by atoms with van der Waals surface area (Å²) in [7, 11) is 0. The first-order chi connectivity index (χ1) is 7.27. The molecule has 3 rings (SSSR count). The Morgan fingerprint density at radius 1 is 1.53 bits per heavy atom. The third-order valence-corrected chi connectivity index (χ3v) is 3.93. The Bertz CT molecular complexity index is 374. The zero-order chi connectivity index (χ0) is 10.4. The van der Waals surface area contributed by atoms with Crippen LogP contribution in [0.2, 0.25) is 0 Å². The van der Waals surface area contributed by atoms with Crippen molar-refractivity contribution in [1.82, 2.24) is 9.88 Å². The molecule has 1 aromatic rings. The number of likely N-dealkylation sites (tertiary alicyclic amines) is 1. The van der Waals surface area contributed by atoms with Crippen molar-refractivity contribution in [3.05, 3.63) is 16.6 Å². The van der Waals surface area contributed by atoms with Gasteiger partial charge in [-0.05, 0) is 12.8 Å². The summed E-state index contributed by atoms with van der Waals surface area (Å²) in [4.78, 5) is 19.0. The van der Waals surface area contributed by atoms with Gasteiger partial charge >= 0.3 is 0 Å². The maximum atomic E-state index is 11.8. The smallest absolute Gasteiger partial charge is 0.225 e. The van der Waals surface area contributed by atoms with E-state index in [0.29, 0.717) is 12.5 Å². The highest BCUT2D eigenvalue weighted by molar-refractivity contribution is 7.09. The largest absolute Gasteiger partial charge is 0.330 e. The van der Waals surface area contributed by atoms with E-state index in [2.05, 4.69) is 4.98 Å². The van der Waals surface area contributed by atoms with Gasteiger partial charge < -0.3 is 10.6 Å². The van der Waals surface area contributed by atoms with Crippen LogP contribution in [0.3, 0.4) is 0 Å². The fourth-order valence-corrected chi connectivity index (χ4v) is 3.08. The second kappa shape index (κ2) is 3.28. The fraction of sp³-hybridized carbons (Fsp3) is 0.600. The first-order valence-electron chi connectivity index (χ1n) is 5.22. The number of carbonyl (C=O) groups excluding carboxylic acids is 1. The lowest BCUT2D eigenvalue weighted by Gasteiger charge is -2.25. The average molecular weight is 223 g/mol. The Hall–Kier alpha value is -0.940. The molecule has 2 fully saturated rings. The average Bonchev–Trinajstić information content (AvgIpc) is 2.79. The molecule has 4 nitrogen and oxygen atoms in total. The van der Waals surface area contributed by atoms with Crippen LogP contribution in [-0.4, -0.2) is 27.9 Å². The summed E-state index contributed by atoms with van der Waals surface area (Å²) in [5.41, 5.74) is 7.83. The molecule has 0 radical (unpaired) electrons. The van der Waals surface area contributed by atoms with Crippen molar-refractivity contribution in [2.75, 3.05) is 0 Å². The van der Waals surface area contributed by atoms with Gasteiger partial charge in [-0.15, -0.1) is 11.3 Å². The van der Waals surface area contributed by atoms with Crippen molar-refractivity contribution in [1.29, 1.82) is 0 Å². The Labute approximate surface area is 92.1 Å². The maximum absolute atomic E-state index is 11.8. The monoisotopic (exact) mass is 223 g/mol. The number of thiazole rings is 1. The number of aromatic nitrogens is 1. The van der Waals surface area contributed by atoms with E-state index in [0.717, 1.165) is 17.7 Å². The van der Waals surface area contributed by atoms with Crippen LogP contribution in [0.4, 0.5) is 0 Å². The van der Waals surface area contributed by atoms with E-state index in [-0.39, 0.29) is 18.0 Å². The number of rotatable bonds is 2. The summed E-state index contributed by atoms with van der Waals surface area (Å²) in [5.74, 6) is 0.211. The van der Waals surface area contributed by atoms with Crippen LogP contribution in [0.25, 0.3) is 0 Å². The van der Waals surface area contributed by atoms with Crippen LogP contribution in [-0.2, 0) is 4.79 Å². The van der Waals surface area contributed by atoms with Crippen molar-refractivity contribution in [2.24, 2.45) is 5.73 Å². The van der Waals surface area contributed by atoms with Gasteiger partial charge in [0.25, 0.3) is 0 Å². The van der Waals surface area contributed by atoms with Crippen LogP contribution in [0.1, 0.15) is 30.2 Å². The summed E-state index contributed by atoms with van der Waals surface area (Å²) in [6.07, 6.45) is 4.59. The number of nitrogens with zero attached hydrogens (tertiary/aromatic N) is 2. The molecular weight excluding hydrogens is 210 g/mol. The molecule has 2 N–H and O–H groups in total. The molecule has 0 spiro atoms. The van der Waals surface area contributed by atoms with Gasteiger partial charge in [0, 0.05) is 29.6 Å². The molecule has 1 saturated carbocycles. The molecule has 80 valence electrons. The molecule has 1 saturated heterocycles. The third-order valence-electron chi connectivity index (χ3n) is 3.09. The summed E-state index contributed by atoms with van der Waals surface area (Å²) in [6.45, 7) is 0. The van der Waals surface area contributed by atoms with E-state index in [1.807, 2.05) is 11.1 Å². The molecule has 1 aromatic heterocycles. The Morgan fingerprint density at radius 3 is 2.93 bits per heavy atom. The molecule has 15 heavy (non-hydrogen) atoms. The topological polar surface area (TPSA) is 59.2 Å². The second-order valence-corrected chi connectivity index (χ2v) is 5.17. The molecule has 2 atom stereocenters. The quantitative estimate of drug-likeness (QED) is 0.810. The lowest BCUT2D eigenvalue weighted by Crippen LogP contribution is -2.34. The Kier molecular flexibility index (Phi) is 2.03. The molecule has 1 amide bonds. The standard InChI is InChI=1S/C10H13N3OS/c11-7-3-9(14)13(6-1-2-6)10(7)8-4-12-5-15-8/h4-7,10H,1-3,11H2. The van der Waals surface area contributed by atoms with Crippen molar-refractivity contribution in [3.63, 3.8) is 0 Å². The minimum absolute atomic E-state index is 0.0569. The minimum atomic E-state index is -0.0569. The highest BCUT2D eigenvalue weighted by Gasteiger charge is 2.46. The second-order valence-electron chi connectivity index (χ2n) is 4.25. The summed E-state index contributed by atoms with van der Waals surface area (Å²) >= 11 is 1.59. The van der Waals surface area contributed by atoms with Gasteiger partial charge in [0.15, 0.2) is 0 Å². The van der Waals surface area contributed by atoms with E-state index in [1.165, 1.54) is 0 Å². The van der Waals surface area contributed by atoms with Gasteiger partial charge in [0.05, 0.1) is 11.6 Å². The zero-order valence-corrected chi connectivity index (χ0v) is 9.11. The van der Waals surface area contributed by atoms with Crippen molar-refractivity contribution in [2.45, 2.75) is 37.4 Å². The predicted molar refractivity (Wildman–Crippen MR) is 57.3 cm³/mol. The highest BCUT2D eigenvalue weighted by Crippen LogP contribution is 2.41. The number of carbonyl (C=O) groups is 1. The Morgan fingerprint density at radius 2 is 2.33 bits per heavy atom. The molecule has 2 unspecified atom stereocenters. The Balaban J connectivity index is 1.93. The van der Waals surface area contributed by atoms with E-state index >= 15 is 0 Å². The molecule has 1 aliphatic heterocycles. The lowest BCUT2D eigenvalue weighted by atomic mass is 10.1. The lowest BCUT2D eigenvalue weighted by molar-refractivity contribution is -0.129. The highest BCUT2D eigenvalue weighted by atomic mass is 32.1. The number of nitrogens with two attached hydrogens (primary N) is 1. The molecule has 2 heterocycles. The van der Waals surface area contributed by atoms with Crippen LogP contribution in [0.5, 0.6) is 0 Å². The molecule has 2 aliphatic rings. The van der Waals surface area contributed by atoms with Gasteiger partial charge in [0.1, 0.15) is 0 Å². The van der Waals surface area contributed by atoms with Crippen molar-refractivity contribution < 1.29 is 4.79 Å². The van der Waals surface area contributed by atoms with Crippen molar-refractivity contribution >= 4 is 17.2 Å². The summed E-state index contributed by atoms with van der Waals surface area (Å²) in [5, 5.41) is 0. The van der Waals surface area contributed by atoms with Gasteiger partial charge in [-0.25, -0.2) is 0 Å². The molecule has 0 aromatic carbocycles. The van der Waals surface area contributed by atoms with E-state index in [4.69, 9.17) is 5.73 Å². The predicted octanol–water partition coefficient (Wildman–Crippen LogP) is 0.906. The SMILES string of the molecule is NC1CC(=O)N(C2CC2)C1c1cncs1. The first kappa shape index (κ1) is 9.30. The van der Waals surface area contributed by atoms with Gasteiger partial charge in [-0.3, -0.25) is 9.78 Å².